The fourth-order valence-corrected chi connectivity index (χ4v) is 1.14. The molecule has 0 aliphatic rings. The Morgan fingerprint density at radius 1 is 1.31 bits per heavy atom. The van der Waals surface area contributed by atoms with Crippen LogP contribution in [0.25, 0.3) is 0 Å². The van der Waals surface area contributed by atoms with E-state index >= 15 is 0 Å². The van der Waals surface area contributed by atoms with E-state index in [-0.39, 0.29) is 0 Å². The lowest BCUT2D eigenvalue weighted by Crippen LogP contribution is -2.10. The van der Waals surface area contributed by atoms with E-state index < -0.39 is 0 Å². The number of hydrogen-bond acceptors (Lipinski definition) is 3. The van der Waals surface area contributed by atoms with Gasteiger partial charge in [0.25, 0.3) is 0 Å². The van der Waals surface area contributed by atoms with Crippen LogP contribution in [-0.4, -0.2) is 30.4 Å². The van der Waals surface area contributed by atoms with Crippen molar-refractivity contribution in [2.45, 2.75) is 6.54 Å². The molecule has 3 nitrogen and oxygen atoms in total. The van der Waals surface area contributed by atoms with Gasteiger partial charge < -0.3 is 10.1 Å². The normalized spacial score (nSPS) is 11.3. The Bertz CT molecular complexity index is 277. The fourth-order valence-electron chi connectivity index (χ4n) is 1.14. The predicted molar refractivity (Wildman–Crippen MR) is 53.2 cm³/mol. The van der Waals surface area contributed by atoms with Gasteiger partial charge >= 0.3 is 0 Å². The first-order chi connectivity index (χ1) is 6.22. The molecule has 1 rings (SSSR count). The first kappa shape index (κ1) is 9.74. The molecule has 70 valence electrons. The van der Waals surface area contributed by atoms with E-state index in [9.17, 15) is 0 Å². The molecule has 0 heterocycles. The quantitative estimate of drug-likeness (QED) is 0.433. The molecule has 3 heteroatoms. The van der Waals surface area contributed by atoms with Gasteiger partial charge in [-0.3, -0.25) is 0 Å². The van der Waals surface area contributed by atoms with Crippen molar-refractivity contribution in [1.29, 1.82) is 0 Å². The van der Waals surface area contributed by atoms with E-state index in [1.165, 1.54) is 11.8 Å². The number of nitrogens with zero attached hydrogens (tertiary/aromatic N) is 2. The molecule has 0 radical (unpaired) electrons. The highest BCUT2D eigenvalue weighted by molar-refractivity contribution is 5.78. The SMILES string of the molecule is CN(C)Cc1ccc(/C=N/O)cc1. The molecule has 0 atom stereocenters. The molecule has 0 amide bonds. The molecule has 1 aromatic carbocycles. The van der Waals surface area contributed by atoms with E-state index in [0.29, 0.717) is 0 Å². The Kier molecular flexibility index (Phi) is 3.46. The lowest BCUT2D eigenvalue weighted by Gasteiger charge is -2.08. The first-order valence-corrected chi connectivity index (χ1v) is 4.13. The van der Waals surface area contributed by atoms with Crippen LogP contribution in [0.3, 0.4) is 0 Å². The van der Waals surface area contributed by atoms with Gasteiger partial charge in [0, 0.05) is 6.54 Å². The Balaban J connectivity index is 2.69. The van der Waals surface area contributed by atoms with Gasteiger partial charge in [-0.1, -0.05) is 29.4 Å². The Morgan fingerprint density at radius 3 is 2.38 bits per heavy atom. The summed E-state index contributed by atoms with van der Waals surface area (Å²) in [5.74, 6) is 0. The van der Waals surface area contributed by atoms with Crippen LogP contribution in [0.5, 0.6) is 0 Å². The molecule has 1 N–H and O–H groups in total. The molecule has 0 fully saturated rings. The molecular formula is C10H14N2O. The Hall–Kier alpha value is -1.35. The predicted octanol–water partition coefficient (Wildman–Crippen LogP) is 1.56. The van der Waals surface area contributed by atoms with Crippen molar-refractivity contribution >= 4 is 6.21 Å². The second-order valence-electron chi connectivity index (χ2n) is 3.22. The third-order valence-corrected chi connectivity index (χ3v) is 1.69. The highest BCUT2D eigenvalue weighted by atomic mass is 16.4. The molecule has 0 spiro atoms. The third kappa shape index (κ3) is 3.25. The summed E-state index contributed by atoms with van der Waals surface area (Å²) in [6.45, 7) is 0.927. The maximum absolute atomic E-state index is 8.30. The molecule has 13 heavy (non-hydrogen) atoms. The monoisotopic (exact) mass is 178 g/mol. The van der Waals surface area contributed by atoms with Crippen LogP contribution in [-0.2, 0) is 6.54 Å². The lowest BCUT2D eigenvalue weighted by atomic mass is 10.1. The van der Waals surface area contributed by atoms with Crippen molar-refractivity contribution in [2.24, 2.45) is 5.16 Å². The van der Waals surface area contributed by atoms with E-state index in [4.69, 9.17) is 5.21 Å². The van der Waals surface area contributed by atoms with E-state index in [2.05, 4.69) is 10.1 Å². The average Bonchev–Trinajstić information content (AvgIpc) is 2.08. The topological polar surface area (TPSA) is 35.8 Å². The standard InChI is InChI=1S/C10H14N2O/c1-12(2)8-10-5-3-9(4-6-10)7-11-13/h3-7,13H,8H2,1-2H3/b11-7+. The largest absolute Gasteiger partial charge is 0.411 e. The fraction of sp³-hybridized carbons (Fsp3) is 0.300. The summed E-state index contributed by atoms with van der Waals surface area (Å²) in [6, 6.07) is 7.91. The van der Waals surface area contributed by atoms with Gasteiger partial charge in [-0.15, -0.1) is 0 Å². The molecule has 0 aliphatic heterocycles. The van der Waals surface area contributed by atoms with Crippen LogP contribution in [0, 0.1) is 0 Å². The number of oxime groups is 1. The van der Waals surface area contributed by atoms with Gasteiger partial charge in [0.15, 0.2) is 0 Å². The summed E-state index contributed by atoms with van der Waals surface area (Å²) in [7, 11) is 4.06. The van der Waals surface area contributed by atoms with Crippen LogP contribution in [0.2, 0.25) is 0 Å². The average molecular weight is 178 g/mol. The van der Waals surface area contributed by atoms with E-state index in [1.807, 2.05) is 38.4 Å². The van der Waals surface area contributed by atoms with E-state index in [0.717, 1.165) is 12.1 Å². The summed E-state index contributed by atoms with van der Waals surface area (Å²) in [5, 5.41) is 11.3. The smallest absolute Gasteiger partial charge is 0.0733 e. The van der Waals surface area contributed by atoms with Crippen molar-refractivity contribution in [1.82, 2.24) is 4.90 Å². The van der Waals surface area contributed by atoms with E-state index in [1.54, 1.807) is 0 Å². The number of benzene rings is 1. The minimum absolute atomic E-state index is 0.907. The molecule has 0 saturated carbocycles. The highest BCUT2D eigenvalue weighted by Gasteiger charge is 1.94. The van der Waals surface area contributed by atoms with Crippen LogP contribution in [0.15, 0.2) is 29.4 Å². The molecule has 0 saturated heterocycles. The summed E-state index contributed by atoms with van der Waals surface area (Å²) < 4.78 is 0. The number of hydrogen-bond donors (Lipinski definition) is 1. The zero-order valence-corrected chi connectivity index (χ0v) is 7.94. The summed E-state index contributed by atoms with van der Waals surface area (Å²) in [5.41, 5.74) is 2.16. The van der Waals surface area contributed by atoms with Gasteiger partial charge in [-0.25, -0.2) is 0 Å². The van der Waals surface area contributed by atoms with Gasteiger partial charge in [0.1, 0.15) is 0 Å². The second kappa shape index (κ2) is 4.62. The zero-order valence-electron chi connectivity index (χ0n) is 7.94. The molecular weight excluding hydrogens is 164 g/mol. The maximum Gasteiger partial charge on any atom is 0.0733 e. The van der Waals surface area contributed by atoms with Crippen molar-refractivity contribution in [3.05, 3.63) is 35.4 Å². The minimum atomic E-state index is 0.907. The Labute approximate surface area is 78.3 Å². The summed E-state index contributed by atoms with van der Waals surface area (Å²) in [4.78, 5) is 2.11. The van der Waals surface area contributed by atoms with Crippen molar-refractivity contribution < 1.29 is 5.21 Å². The third-order valence-electron chi connectivity index (χ3n) is 1.69. The van der Waals surface area contributed by atoms with Crippen molar-refractivity contribution in [3.63, 3.8) is 0 Å². The van der Waals surface area contributed by atoms with Gasteiger partial charge in [-0.2, -0.15) is 0 Å². The van der Waals surface area contributed by atoms with Crippen LogP contribution in [0.1, 0.15) is 11.1 Å². The van der Waals surface area contributed by atoms with Crippen molar-refractivity contribution in [2.75, 3.05) is 14.1 Å². The van der Waals surface area contributed by atoms with Crippen molar-refractivity contribution in [3.8, 4) is 0 Å². The van der Waals surface area contributed by atoms with Gasteiger partial charge in [0.2, 0.25) is 0 Å². The summed E-state index contributed by atoms with van der Waals surface area (Å²) >= 11 is 0. The van der Waals surface area contributed by atoms with Crippen LogP contribution >= 0.6 is 0 Å². The van der Waals surface area contributed by atoms with Gasteiger partial charge in [-0.05, 0) is 25.2 Å². The zero-order chi connectivity index (χ0) is 9.68. The molecule has 0 bridgehead atoms. The summed E-state index contributed by atoms with van der Waals surface area (Å²) in [6.07, 6.45) is 1.42. The molecule has 0 aliphatic carbocycles. The lowest BCUT2D eigenvalue weighted by molar-refractivity contribution is 0.322. The highest BCUT2D eigenvalue weighted by Crippen LogP contribution is 2.04. The molecule has 0 aromatic heterocycles. The molecule has 0 unspecified atom stereocenters. The Morgan fingerprint density at radius 2 is 1.92 bits per heavy atom. The molecule has 1 aromatic rings. The van der Waals surface area contributed by atoms with Crippen LogP contribution < -0.4 is 0 Å². The maximum atomic E-state index is 8.30. The van der Waals surface area contributed by atoms with Gasteiger partial charge in [0.05, 0.1) is 6.21 Å². The van der Waals surface area contributed by atoms with Crippen LogP contribution in [0.4, 0.5) is 0 Å². The minimum Gasteiger partial charge on any atom is -0.411 e. The number of rotatable bonds is 3. The second-order valence-corrected chi connectivity index (χ2v) is 3.22. The first-order valence-electron chi connectivity index (χ1n) is 4.13.